The van der Waals surface area contributed by atoms with Crippen LogP contribution in [-0.2, 0) is 38.4 Å². The van der Waals surface area contributed by atoms with Gasteiger partial charge >= 0.3 is 0 Å². The van der Waals surface area contributed by atoms with Gasteiger partial charge in [-0.3, -0.25) is 19.2 Å². The third-order valence-electron chi connectivity index (χ3n) is 20.1. The maximum absolute atomic E-state index is 12.6. The first-order chi connectivity index (χ1) is 52.9. The fourth-order valence-corrected chi connectivity index (χ4v) is 17.6. The van der Waals surface area contributed by atoms with Gasteiger partial charge in [0.2, 0.25) is 23.6 Å². The predicted molar refractivity (Wildman–Crippen MR) is 452 cm³/mol. The summed E-state index contributed by atoms with van der Waals surface area (Å²) >= 11 is 12.4. The van der Waals surface area contributed by atoms with Crippen molar-refractivity contribution in [3.8, 4) is 0 Å². The number of aryl methyl sites for hydroxylation is 3. The van der Waals surface area contributed by atoms with Crippen LogP contribution in [0.4, 0.5) is 43.8 Å². The summed E-state index contributed by atoms with van der Waals surface area (Å²) in [7, 11) is 0. The molecule has 110 heavy (non-hydrogen) atoms. The van der Waals surface area contributed by atoms with Gasteiger partial charge in [0.15, 0.2) is 20.5 Å². The van der Waals surface area contributed by atoms with Gasteiger partial charge in [0.05, 0.1) is 24.3 Å². The second-order valence-electron chi connectivity index (χ2n) is 30.7. The highest BCUT2D eigenvalue weighted by Crippen LogP contribution is 2.35. The van der Waals surface area contributed by atoms with E-state index >= 15 is 0 Å². The number of hydrogen-bond acceptors (Lipinski definition) is 23. The summed E-state index contributed by atoms with van der Waals surface area (Å²) in [6.45, 7) is 28.9. The van der Waals surface area contributed by atoms with Crippen molar-refractivity contribution in [2.24, 2.45) is 40.9 Å². The zero-order valence-electron chi connectivity index (χ0n) is 66.3. The number of amides is 4. The van der Waals surface area contributed by atoms with Gasteiger partial charge in [-0.1, -0.05) is 143 Å². The van der Waals surface area contributed by atoms with Crippen molar-refractivity contribution in [3.05, 3.63) is 139 Å². The number of hydrogen-bond donors (Lipinski definition) is 7. The van der Waals surface area contributed by atoms with Gasteiger partial charge in [0.1, 0.15) is 27.6 Å². The Labute approximate surface area is 673 Å². The van der Waals surface area contributed by atoms with Crippen LogP contribution in [-0.4, -0.2) is 154 Å². The molecular weight excluding hydrogens is 1480 g/mol. The fourth-order valence-electron chi connectivity index (χ4n) is 14.1. The molecular formula is C82H118ClN19O4S4. The summed E-state index contributed by atoms with van der Waals surface area (Å²) in [4.78, 5) is 98.0. The minimum Gasteiger partial charge on any atom is -0.342 e. The van der Waals surface area contributed by atoms with E-state index < -0.39 is 12.1 Å². The fraction of sp³-hybridized carbons (Fsp3) is 0.561. The molecule has 4 fully saturated rings. The van der Waals surface area contributed by atoms with E-state index in [1.54, 1.807) is 40.2 Å². The molecule has 8 aromatic heterocycles. The lowest BCUT2D eigenvalue weighted by Crippen LogP contribution is -2.49. The number of nitrogens with one attached hydrogen (secondary N) is 4. The van der Waals surface area contributed by atoms with Crippen molar-refractivity contribution >= 4 is 124 Å². The first-order valence-electron chi connectivity index (χ1n) is 39.8. The zero-order valence-corrected chi connectivity index (χ0v) is 70.3. The monoisotopic (exact) mass is 1600 g/mol. The third-order valence-corrected chi connectivity index (χ3v) is 24.1. The van der Waals surface area contributed by atoms with Crippen LogP contribution in [0.1, 0.15) is 221 Å². The number of halogens is 1. The Hall–Kier alpha value is -7.63. The van der Waals surface area contributed by atoms with Crippen LogP contribution >= 0.6 is 56.9 Å². The van der Waals surface area contributed by atoms with Gasteiger partial charge in [-0.05, 0) is 150 Å². The quantitative estimate of drug-likeness (QED) is 0.0252. The summed E-state index contributed by atoms with van der Waals surface area (Å²) in [5.41, 5.74) is 22.5. The molecule has 0 saturated carbocycles. The van der Waals surface area contributed by atoms with E-state index in [-0.39, 0.29) is 41.5 Å². The number of carbonyl (C=O) groups is 4. The number of aromatic nitrogens is 8. The normalized spacial score (nSPS) is 16.2. The van der Waals surface area contributed by atoms with Crippen LogP contribution in [0.25, 0.3) is 0 Å². The summed E-state index contributed by atoms with van der Waals surface area (Å²) in [6, 6.07) is 23.1. The van der Waals surface area contributed by atoms with Gasteiger partial charge in [-0.25, -0.2) is 39.9 Å². The highest BCUT2D eigenvalue weighted by atomic mass is 35.5. The van der Waals surface area contributed by atoms with Crippen molar-refractivity contribution < 1.29 is 19.2 Å². The number of likely N-dealkylation sites (tertiary alicyclic amines) is 4. The average molecular weight is 1600 g/mol. The van der Waals surface area contributed by atoms with Crippen molar-refractivity contribution in [2.45, 2.75) is 221 Å². The molecule has 4 aliphatic heterocycles. The first kappa shape index (κ1) is 86.4. The van der Waals surface area contributed by atoms with Crippen molar-refractivity contribution in [1.29, 1.82) is 0 Å². The maximum Gasteiger partial charge on any atom is 0.239 e. The highest BCUT2D eigenvalue weighted by molar-refractivity contribution is 7.19. The number of thiazole rings is 4. The van der Waals surface area contributed by atoms with Crippen LogP contribution in [0.15, 0.2) is 97.6 Å². The molecule has 4 amide bonds. The Kier molecular flexibility index (Phi) is 34.1. The molecule has 23 nitrogen and oxygen atoms in total. The lowest BCUT2D eigenvalue weighted by Gasteiger charge is -2.34. The van der Waals surface area contributed by atoms with Crippen LogP contribution in [0.5, 0.6) is 0 Å². The zero-order chi connectivity index (χ0) is 78.8. The van der Waals surface area contributed by atoms with Crippen molar-refractivity contribution in [3.63, 3.8) is 0 Å². The highest BCUT2D eigenvalue weighted by Gasteiger charge is 2.33. The Morgan fingerprint density at radius 3 is 0.936 bits per heavy atom. The minimum absolute atomic E-state index is 0.0727. The van der Waals surface area contributed by atoms with E-state index in [4.69, 9.17) is 48.7 Å². The number of pyridine rings is 4. The Balaban J connectivity index is 0.000000169. The topological polar surface area (TPSA) is 311 Å². The number of piperidine rings is 4. The first-order valence-corrected chi connectivity index (χ1v) is 43.4. The summed E-state index contributed by atoms with van der Waals surface area (Å²) in [6.07, 6.45) is 22.9. The number of nitrogens with two attached hydrogens (primary N) is 3. The summed E-state index contributed by atoms with van der Waals surface area (Å²) in [5.74, 6) is 6.37. The van der Waals surface area contributed by atoms with Gasteiger partial charge in [-0.15, -0.1) is 34.0 Å². The maximum atomic E-state index is 12.6. The standard InChI is InChI=1S/C22H33N5OS.C21H31N5OS.C20H28N4OS.C19H26ClN5OS/c1-4-6-17-14-24-22(29-17)26-20-8-5-7-19(25-20)16-9-11-27(12-10-16)21(28)18(23)13-15(2)3;1-4-6-16-13-23-21(28-16)25-18-8-5-7-17(24-18)15-9-11-26(12-10-15)20(27)19(22)14(2)3;1-4-6-16-13-21-20(26-16)23-18-8-5-7-17(22-18)15-9-11-24(12-10-15)19(25)14(2)3;1-12(2)10-14(21)18(26)25-8-6-13(7-9-25)15-4-3-5-17(23-15)24-19-22-11-16(20)27-19/h5,7-8,14-16,18H,4,6,9-13,23H2,1-3H3,(H,24,25,26);5,7-8,13-15,19H,4,6,9-12,22H2,1-3H3,(H,23,24,25);5,7-8,13-15H,4,6,9-12H2,1-3H3,(H,21,22,23);3-5,11-14H,6-10,21H2,1-2H3,(H,22,23,24). The molecule has 0 aliphatic carbocycles. The van der Waals surface area contributed by atoms with E-state index in [2.05, 4.69) is 114 Å². The van der Waals surface area contributed by atoms with E-state index in [9.17, 15) is 19.2 Å². The molecule has 0 bridgehead atoms. The van der Waals surface area contributed by atoms with Crippen LogP contribution in [0, 0.1) is 23.7 Å². The van der Waals surface area contributed by atoms with E-state index in [0.29, 0.717) is 39.8 Å². The van der Waals surface area contributed by atoms with E-state index in [0.717, 1.165) is 222 Å². The molecule has 28 heteroatoms. The largest absolute Gasteiger partial charge is 0.342 e. The lowest BCUT2D eigenvalue weighted by molar-refractivity contribution is -0.136. The molecule has 12 heterocycles. The van der Waals surface area contributed by atoms with Gasteiger partial charge in [0.25, 0.3) is 0 Å². The van der Waals surface area contributed by atoms with Crippen LogP contribution in [0.2, 0.25) is 4.34 Å². The van der Waals surface area contributed by atoms with Gasteiger partial charge < -0.3 is 58.1 Å². The molecule has 4 saturated heterocycles. The molecule has 0 radical (unpaired) electrons. The second-order valence-corrected chi connectivity index (χ2v) is 35.7. The third kappa shape index (κ3) is 26.5. The molecule has 0 spiro atoms. The van der Waals surface area contributed by atoms with E-state index in [1.807, 2.05) is 114 Å². The van der Waals surface area contributed by atoms with Crippen molar-refractivity contribution in [1.82, 2.24) is 59.5 Å². The molecule has 3 atom stereocenters. The average Bonchev–Trinajstić information content (AvgIpc) is 1.18. The lowest BCUT2D eigenvalue weighted by atomic mass is 9.92. The Bertz CT molecular complexity index is 4130. The van der Waals surface area contributed by atoms with Crippen molar-refractivity contribution in [2.75, 3.05) is 73.6 Å². The van der Waals surface area contributed by atoms with Crippen LogP contribution in [0.3, 0.4) is 0 Å². The Morgan fingerprint density at radius 1 is 0.409 bits per heavy atom. The van der Waals surface area contributed by atoms with E-state index in [1.165, 1.54) is 26.0 Å². The van der Waals surface area contributed by atoms with Gasteiger partial charge in [-0.2, -0.15) is 0 Å². The molecule has 10 N–H and O–H groups in total. The SMILES string of the molecule is CC(C)CC(N)C(=O)N1CCC(c2cccc(Nc3ncc(Cl)s3)n2)CC1.CCCc1cnc(Nc2cccc(C3CCN(C(=O)C(C)C)CC3)n2)s1.CCCc1cnc(Nc2cccc(C3CCN(C(=O)C(N)C(C)C)CC3)n2)s1.CCCc1cnc(Nc2cccc(C3CCN(C(=O)C(N)CC(C)C)CC3)n2)s1. The number of rotatable bonds is 27. The van der Waals surface area contributed by atoms with Gasteiger partial charge in [0, 0.05) is 138 Å². The molecule has 596 valence electrons. The number of nitrogens with zero attached hydrogens (tertiary/aromatic N) is 12. The Morgan fingerprint density at radius 2 is 0.682 bits per heavy atom. The molecule has 8 aromatic rings. The minimum atomic E-state index is -0.405. The van der Waals surface area contributed by atoms with Crippen LogP contribution < -0.4 is 38.5 Å². The predicted octanol–water partition coefficient (Wildman–Crippen LogP) is 16.8. The summed E-state index contributed by atoms with van der Waals surface area (Å²) in [5, 5.41) is 16.6. The molecule has 0 aromatic carbocycles. The molecule has 12 rings (SSSR count). The second kappa shape index (κ2) is 43.4. The molecule has 3 unspecified atom stereocenters. The number of anilines is 8. The smallest absolute Gasteiger partial charge is 0.239 e. The summed E-state index contributed by atoms with van der Waals surface area (Å²) < 4.78 is 0.640. The molecule has 4 aliphatic rings. The number of carbonyl (C=O) groups excluding carboxylic acids is 4.